The van der Waals surface area contributed by atoms with Gasteiger partial charge in [0.1, 0.15) is 13.2 Å². The molecule has 0 aliphatic carbocycles. The highest BCUT2D eigenvalue weighted by molar-refractivity contribution is 5.81. The number of alkyl halides is 3. The van der Waals surface area contributed by atoms with Crippen LogP contribution in [0, 0.1) is 0 Å². The van der Waals surface area contributed by atoms with Crippen molar-refractivity contribution in [1.82, 2.24) is 15.5 Å². The Balaban J connectivity index is 0. The number of aliphatic carboxylic acids is 1. The van der Waals surface area contributed by atoms with Gasteiger partial charge in [0.15, 0.2) is 6.10 Å². The summed E-state index contributed by atoms with van der Waals surface area (Å²) < 4.78 is 82.4. The summed E-state index contributed by atoms with van der Waals surface area (Å²) in [5.41, 5.74) is 0. The molecule has 0 spiro atoms. The second-order valence-electron chi connectivity index (χ2n) is 22.4. The number of carboxylic acid groups (broad SMARTS) is 1. The van der Waals surface area contributed by atoms with Crippen molar-refractivity contribution in [2.45, 2.75) is 251 Å². The minimum Gasteiger partial charge on any atom is -0.475 e. The predicted molar refractivity (Wildman–Crippen MR) is 346 cm³/mol. The number of amides is 1. The van der Waals surface area contributed by atoms with Gasteiger partial charge in [0, 0.05) is 46.5 Å². The molecule has 1 unspecified atom stereocenters. The van der Waals surface area contributed by atoms with Crippen LogP contribution in [-0.4, -0.2) is 185 Å². The fourth-order valence-corrected chi connectivity index (χ4v) is 9.07. The smallest absolute Gasteiger partial charge is 0.475 e. The molecule has 20 heteroatoms. The lowest BCUT2D eigenvalue weighted by Gasteiger charge is -2.28. The van der Waals surface area contributed by atoms with E-state index >= 15 is 0 Å². The Morgan fingerprint density at radius 1 is 0.420 bits per heavy atom. The fourth-order valence-electron chi connectivity index (χ4n) is 9.07. The standard InChI is InChI=1S/C66H127N3O12.C2HF3O2/c1-5-8-11-14-17-19-21-23-25-27-29-31-33-35-38-41-47-78-62-63(79-48-42-39-36-34-32-30-28-26-24-22-20-18-15-12-9-6-2)66(72)69(45-40-37-16-13-10-7-3)46-51-74-52-53-75-54-55-76-56-57-77-58-59-81-65(71)61-68-44-50-80-64(70)60-67-43-49-73-4;3-2(4,5)1(6)7/h23-26,63,67-68H,5-22,27-62H2,1-4H3;(H,6,7)/b25-23-,26-24-;. The molecular weight excluding hydrogens is 1140 g/mol. The molecule has 0 rings (SSSR count). The van der Waals surface area contributed by atoms with Crippen molar-refractivity contribution in [2.75, 3.05) is 139 Å². The van der Waals surface area contributed by atoms with Gasteiger partial charge in [0.05, 0.1) is 79.2 Å². The van der Waals surface area contributed by atoms with Crippen LogP contribution in [0.4, 0.5) is 13.2 Å². The van der Waals surface area contributed by atoms with Gasteiger partial charge in [-0.3, -0.25) is 14.4 Å². The first-order chi connectivity index (χ1) is 42.9. The van der Waals surface area contributed by atoms with Gasteiger partial charge in [-0.05, 0) is 70.6 Å². The quantitative estimate of drug-likeness (QED) is 0.0295. The third-order valence-electron chi connectivity index (χ3n) is 14.3. The Bertz CT molecular complexity index is 1570. The second kappa shape index (κ2) is 71.2. The van der Waals surface area contributed by atoms with Crippen LogP contribution < -0.4 is 10.6 Å². The molecule has 0 saturated carbocycles. The number of carbonyl (C=O) groups is 4. The maximum atomic E-state index is 14.3. The van der Waals surface area contributed by atoms with Crippen molar-refractivity contribution in [3.63, 3.8) is 0 Å². The normalized spacial score (nSPS) is 12.0. The summed E-state index contributed by atoms with van der Waals surface area (Å²) in [5, 5.41) is 12.9. The molecule has 0 aromatic carbocycles. The first kappa shape index (κ1) is 86.9. The summed E-state index contributed by atoms with van der Waals surface area (Å²) in [5.74, 6) is -3.52. The van der Waals surface area contributed by atoms with Crippen LogP contribution in [0.15, 0.2) is 24.3 Å². The van der Waals surface area contributed by atoms with E-state index in [1.807, 2.05) is 4.90 Å². The first-order valence-corrected chi connectivity index (χ1v) is 34.5. The van der Waals surface area contributed by atoms with Crippen molar-refractivity contribution < 1.29 is 80.1 Å². The number of nitrogens with one attached hydrogen (secondary N) is 2. The van der Waals surface area contributed by atoms with Crippen molar-refractivity contribution >= 4 is 23.8 Å². The summed E-state index contributed by atoms with van der Waals surface area (Å²) in [7, 11) is 1.59. The highest BCUT2D eigenvalue weighted by Gasteiger charge is 2.38. The zero-order valence-corrected chi connectivity index (χ0v) is 55.9. The Kier molecular flexibility index (Phi) is 70.3. The van der Waals surface area contributed by atoms with Crippen molar-refractivity contribution in [3.8, 4) is 0 Å². The molecular formula is C68H128F3N3O14. The average Bonchev–Trinajstić information content (AvgIpc) is 3.70. The number of methoxy groups -OCH3 is 1. The predicted octanol–water partition coefficient (Wildman–Crippen LogP) is 14.3. The number of carboxylic acids is 1. The Hall–Kier alpha value is -3.21. The summed E-state index contributed by atoms with van der Waals surface area (Å²) in [6.07, 6.45) is 46.2. The molecule has 17 nitrogen and oxygen atoms in total. The van der Waals surface area contributed by atoms with Crippen LogP contribution in [0.3, 0.4) is 0 Å². The zero-order chi connectivity index (χ0) is 64.8. The summed E-state index contributed by atoms with van der Waals surface area (Å²) in [4.78, 5) is 48.7. The van der Waals surface area contributed by atoms with Gasteiger partial charge in [0.2, 0.25) is 0 Å². The van der Waals surface area contributed by atoms with E-state index in [1.54, 1.807) is 7.11 Å². The van der Waals surface area contributed by atoms with Crippen LogP contribution >= 0.6 is 0 Å². The minimum absolute atomic E-state index is 0.0120. The second-order valence-corrected chi connectivity index (χ2v) is 22.4. The number of unbranched alkanes of at least 4 members (excludes halogenated alkanes) is 29. The molecule has 0 bridgehead atoms. The SMILES string of the molecule is CCCCCCCC/C=C\CCCCCCCCOCC(OCCCCCCCC/C=C\CCCCCCCC)C(=O)N(CCCCCCCC)CCOCCOCCOCCOCCOC(=O)CNCCOC(=O)CNCCOC.O=C(O)C(F)(F)F. The maximum absolute atomic E-state index is 14.3. The maximum Gasteiger partial charge on any atom is 0.490 e. The largest absolute Gasteiger partial charge is 0.490 e. The van der Waals surface area contributed by atoms with Crippen molar-refractivity contribution in [3.05, 3.63) is 24.3 Å². The monoisotopic (exact) mass is 1270 g/mol. The lowest BCUT2D eigenvalue weighted by molar-refractivity contribution is -0.192. The molecule has 0 radical (unpaired) electrons. The average molecular weight is 1270 g/mol. The highest BCUT2D eigenvalue weighted by Crippen LogP contribution is 2.15. The molecule has 0 aliphatic rings. The molecule has 0 aliphatic heterocycles. The van der Waals surface area contributed by atoms with E-state index in [1.165, 1.54) is 180 Å². The molecule has 0 fully saturated rings. The Morgan fingerprint density at radius 2 is 0.773 bits per heavy atom. The molecule has 3 N–H and O–H groups in total. The van der Waals surface area contributed by atoms with E-state index in [-0.39, 0.29) is 44.8 Å². The van der Waals surface area contributed by atoms with E-state index in [4.69, 9.17) is 52.5 Å². The third-order valence-corrected chi connectivity index (χ3v) is 14.3. The van der Waals surface area contributed by atoms with Gasteiger partial charge >= 0.3 is 24.1 Å². The van der Waals surface area contributed by atoms with Crippen molar-refractivity contribution in [2.24, 2.45) is 0 Å². The molecule has 1 amide bonds. The molecule has 0 saturated heterocycles. The number of hydrogen-bond acceptors (Lipinski definition) is 15. The Labute approximate surface area is 532 Å². The summed E-state index contributed by atoms with van der Waals surface area (Å²) >= 11 is 0. The number of allylic oxidation sites excluding steroid dienone is 4. The highest BCUT2D eigenvalue weighted by atomic mass is 19.4. The molecule has 88 heavy (non-hydrogen) atoms. The zero-order valence-electron chi connectivity index (χ0n) is 55.9. The molecule has 1 atom stereocenters. The molecule has 520 valence electrons. The first-order valence-electron chi connectivity index (χ1n) is 34.5. The van der Waals surface area contributed by atoms with Crippen LogP contribution in [0.2, 0.25) is 0 Å². The number of rotatable bonds is 68. The van der Waals surface area contributed by atoms with Crippen molar-refractivity contribution in [1.29, 1.82) is 0 Å². The minimum atomic E-state index is -5.08. The summed E-state index contributed by atoms with van der Waals surface area (Å²) in [6, 6.07) is 0. The number of esters is 2. The van der Waals surface area contributed by atoms with Gasteiger partial charge < -0.3 is 63.3 Å². The number of halogens is 3. The lowest BCUT2D eigenvalue weighted by atomic mass is 10.1. The van der Waals surface area contributed by atoms with Gasteiger partial charge in [-0.1, -0.05) is 193 Å². The van der Waals surface area contributed by atoms with Crippen LogP contribution in [-0.2, 0) is 61.8 Å². The topological polar surface area (TPSA) is 199 Å². The molecule has 0 aromatic heterocycles. The van der Waals surface area contributed by atoms with E-state index < -0.39 is 24.2 Å². The van der Waals surface area contributed by atoms with Gasteiger partial charge in [-0.2, -0.15) is 13.2 Å². The summed E-state index contributed by atoms with van der Waals surface area (Å²) in [6.45, 7) is 14.5. The number of carbonyl (C=O) groups excluding carboxylic acids is 3. The molecule has 0 heterocycles. The van der Waals surface area contributed by atoms with Gasteiger partial charge in [-0.15, -0.1) is 0 Å². The van der Waals surface area contributed by atoms with E-state index in [9.17, 15) is 27.6 Å². The number of hydrogen-bond donors (Lipinski definition) is 3. The number of nitrogens with zero attached hydrogens (tertiary/aromatic N) is 1. The van der Waals surface area contributed by atoms with Gasteiger partial charge in [-0.25, -0.2) is 4.79 Å². The lowest BCUT2D eigenvalue weighted by Crippen LogP contribution is -2.45. The molecule has 0 aromatic rings. The van der Waals surface area contributed by atoms with Crippen LogP contribution in [0.25, 0.3) is 0 Å². The fraction of sp³-hybridized carbons (Fsp3) is 0.882. The Morgan fingerprint density at radius 3 is 1.19 bits per heavy atom. The number of ether oxygens (including phenoxy) is 9. The van der Waals surface area contributed by atoms with E-state index in [0.29, 0.717) is 98.9 Å². The van der Waals surface area contributed by atoms with E-state index in [0.717, 1.165) is 38.5 Å². The van der Waals surface area contributed by atoms with Crippen LogP contribution in [0.1, 0.15) is 239 Å². The van der Waals surface area contributed by atoms with E-state index in [2.05, 4.69) is 55.7 Å². The van der Waals surface area contributed by atoms with Crippen LogP contribution in [0.5, 0.6) is 0 Å². The third kappa shape index (κ3) is 68.7. The van der Waals surface area contributed by atoms with Gasteiger partial charge in [0.25, 0.3) is 5.91 Å².